The van der Waals surface area contributed by atoms with E-state index in [1.54, 1.807) is 13.2 Å². The minimum Gasteiger partial charge on any atom is -0.495 e. The van der Waals surface area contributed by atoms with E-state index in [9.17, 15) is 4.79 Å². The molecule has 0 saturated carbocycles. The van der Waals surface area contributed by atoms with E-state index < -0.39 is 0 Å². The zero-order chi connectivity index (χ0) is 14.6. The second-order valence-electron chi connectivity index (χ2n) is 4.55. The van der Waals surface area contributed by atoms with Crippen molar-refractivity contribution in [3.05, 3.63) is 22.7 Å². The molecule has 0 aromatic heterocycles. The summed E-state index contributed by atoms with van der Waals surface area (Å²) in [4.78, 5) is 11.5. The van der Waals surface area contributed by atoms with Crippen molar-refractivity contribution in [1.82, 2.24) is 0 Å². The predicted molar refractivity (Wildman–Crippen MR) is 77.0 cm³/mol. The number of anilines is 1. The third kappa shape index (κ3) is 3.77. The van der Waals surface area contributed by atoms with E-state index in [2.05, 4.69) is 5.32 Å². The lowest BCUT2D eigenvalue weighted by atomic mass is 10.0. The quantitative estimate of drug-likeness (QED) is 0.844. The van der Waals surface area contributed by atoms with Crippen LogP contribution in [0.5, 0.6) is 5.75 Å². The maximum atomic E-state index is 11.5. The van der Waals surface area contributed by atoms with Crippen LogP contribution >= 0.6 is 11.6 Å². The number of carbonyl (C=O) groups is 1. The number of rotatable bonds is 5. The van der Waals surface area contributed by atoms with Crippen molar-refractivity contribution >= 4 is 23.3 Å². The molecule has 2 atom stereocenters. The van der Waals surface area contributed by atoms with Crippen LogP contribution in [0, 0.1) is 12.8 Å². The van der Waals surface area contributed by atoms with E-state index >= 15 is 0 Å². The molecule has 0 aliphatic carbocycles. The maximum absolute atomic E-state index is 11.5. The standard InChI is InChI=1S/C14H20ClNO3/c1-8-6-12(13(18-4)7-11(8)15)16-10(3)9(2)14(17)19-5/h6-7,9-10,16H,1-5H3. The Morgan fingerprint density at radius 3 is 2.47 bits per heavy atom. The number of methoxy groups -OCH3 is 2. The molecule has 0 saturated heterocycles. The lowest BCUT2D eigenvalue weighted by Crippen LogP contribution is -2.30. The molecule has 1 aromatic rings. The minimum absolute atomic E-state index is 0.0816. The molecule has 19 heavy (non-hydrogen) atoms. The summed E-state index contributed by atoms with van der Waals surface area (Å²) in [5, 5.41) is 3.91. The second kappa shape index (κ2) is 6.66. The first-order chi connectivity index (χ1) is 8.90. The summed E-state index contributed by atoms with van der Waals surface area (Å²) < 4.78 is 10.0. The van der Waals surface area contributed by atoms with Gasteiger partial charge in [0.2, 0.25) is 0 Å². The monoisotopic (exact) mass is 285 g/mol. The fourth-order valence-corrected chi connectivity index (χ4v) is 1.86. The van der Waals surface area contributed by atoms with Crippen LogP contribution in [0.2, 0.25) is 5.02 Å². The first-order valence-corrected chi connectivity index (χ1v) is 6.47. The molecule has 0 heterocycles. The van der Waals surface area contributed by atoms with Gasteiger partial charge in [-0.1, -0.05) is 11.6 Å². The summed E-state index contributed by atoms with van der Waals surface area (Å²) in [7, 11) is 2.97. The van der Waals surface area contributed by atoms with Crippen LogP contribution < -0.4 is 10.1 Å². The SMILES string of the molecule is COC(=O)C(C)C(C)Nc1cc(C)c(Cl)cc1OC. The highest BCUT2D eigenvalue weighted by Crippen LogP contribution is 2.32. The highest BCUT2D eigenvalue weighted by atomic mass is 35.5. The molecule has 0 fully saturated rings. The number of hydrogen-bond donors (Lipinski definition) is 1. The van der Waals surface area contributed by atoms with Gasteiger partial charge in [-0.3, -0.25) is 4.79 Å². The molecule has 0 aliphatic heterocycles. The molecule has 4 nitrogen and oxygen atoms in total. The Balaban J connectivity index is 2.92. The van der Waals surface area contributed by atoms with E-state index in [0.717, 1.165) is 11.3 Å². The Bertz CT molecular complexity index is 462. The van der Waals surface area contributed by atoms with Crippen LogP contribution in [0.3, 0.4) is 0 Å². The summed E-state index contributed by atoms with van der Waals surface area (Å²) >= 11 is 6.05. The van der Waals surface area contributed by atoms with Crippen molar-refractivity contribution < 1.29 is 14.3 Å². The van der Waals surface area contributed by atoms with Crippen LogP contribution in [-0.2, 0) is 9.53 Å². The third-order valence-corrected chi connectivity index (χ3v) is 3.59. The largest absolute Gasteiger partial charge is 0.495 e. The van der Waals surface area contributed by atoms with Crippen molar-refractivity contribution in [2.24, 2.45) is 5.92 Å². The zero-order valence-corrected chi connectivity index (χ0v) is 12.7. The number of benzene rings is 1. The zero-order valence-electron chi connectivity index (χ0n) is 11.9. The van der Waals surface area contributed by atoms with Crippen LogP contribution in [0.4, 0.5) is 5.69 Å². The van der Waals surface area contributed by atoms with Gasteiger partial charge in [-0.15, -0.1) is 0 Å². The van der Waals surface area contributed by atoms with Crippen LogP contribution in [-0.4, -0.2) is 26.2 Å². The van der Waals surface area contributed by atoms with E-state index in [-0.39, 0.29) is 17.9 Å². The Kier molecular flexibility index (Phi) is 5.48. The lowest BCUT2D eigenvalue weighted by Gasteiger charge is -2.22. The van der Waals surface area contributed by atoms with Gasteiger partial charge in [0, 0.05) is 17.1 Å². The molecule has 0 spiro atoms. The summed E-state index contributed by atoms with van der Waals surface area (Å²) in [5.41, 5.74) is 1.76. The molecule has 1 rings (SSSR count). The van der Waals surface area contributed by atoms with Gasteiger partial charge in [0.25, 0.3) is 0 Å². The summed E-state index contributed by atoms with van der Waals surface area (Å²) in [5.74, 6) is 0.148. The number of esters is 1. The first kappa shape index (κ1) is 15.6. The smallest absolute Gasteiger partial charge is 0.310 e. The van der Waals surface area contributed by atoms with Crippen molar-refractivity contribution in [3.8, 4) is 5.75 Å². The predicted octanol–water partition coefficient (Wildman–Crippen LogP) is 3.27. The van der Waals surface area contributed by atoms with Crippen LogP contribution in [0.1, 0.15) is 19.4 Å². The topological polar surface area (TPSA) is 47.6 Å². The molecule has 0 bridgehead atoms. The van der Waals surface area contributed by atoms with Gasteiger partial charge in [-0.2, -0.15) is 0 Å². The van der Waals surface area contributed by atoms with Crippen LogP contribution in [0.25, 0.3) is 0 Å². The number of ether oxygens (including phenoxy) is 2. The molecule has 106 valence electrons. The van der Waals surface area contributed by atoms with E-state index in [1.165, 1.54) is 7.11 Å². The lowest BCUT2D eigenvalue weighted by molar-refractivity contribution is -0.145. The summed E-state index contributed by atoms with van der Waals surface area (Å²) in [6.07, 6.45) is 0. The van der Waals surface area contributed by atoms with Crippen molar-refractivity contribution in [1.29, 1.82) is 0 Å². The molecule has 0 radical (unpaired) electrons. The number of aryl methyl sites for hydroxylation is 1. The number of nitrogens with one attached hydrogen (secondary N) is 1. The second-order valence-corrected chi connectivity index (χ2v) is 4.95. The summed E-state index contributed by atoms with van der Waals surface area (Å²) in [6.45, 7) is 5.66. The molecule has 2 unspecified atom stereocenters. The molecule has 5 heteroatoms. The van der Waals surface area contributed by atoms with Gasteiger partial charge in [0.05, 0.1) is 25.8 Å². The van der Waals surface area contributed by atoms with Gasteiger partial charge in [0.15, 0.2) is 0 Å². The minimum atomic E-state index is -0.259. The Morgan fingerprint density at radius 1 is 1.32 bits per heavy atom. The molecule has 1 aromatic carbocycles. The van der Waals surface area contributed by atoms with Gasteiger partial charge in [0.1, 0.15) is 5.75 Å². The van der Waals surface area contributed by atoms with Gasteiger partial charge < -0.3 is 14.8 Å². The average molecular weight is 286 g/mol. The van der Waals surface area contributed by atoms with Crippen molar-refractivity contribution in [3.63, 3.8) is 0 Å². The molecular weight excluding hydrogens is 266 g/mol. The summed E-state index contributed by atoms with van der Waals surface area (Å²) in [6, 6.07) is 3.58. The number of halogens is 1. The van der Waals surface area contributed by atoms with E-state index in [1.807, 2.05) is 26.8 Å². The molecule has 1 N–H and O–H groups in total. The Hall–Kier alpha value is -1.42. The Morgan fingerprint density at radius 2 is 1.95 bits per heavy atom. The fourth-order valence-electron chi connectivity index (χ4n) is 1.71. The normalized spacial score (nSPS) is 13.6. The fraction of sp³-hybridized carbons (Fsp3) is 0.500. The highest BCUT2D eigenvalue weighted by molar-refractivity contribution is 6.31. The molecule has 0 amide bonds. The molecular formula is C14H20ClNO3. The maximum Gasteiger partial charge on any atom is 0.310 e. The van der Waals surface area contributed by atoms with Crippen molar-refractivity contribution in [2.45, 2.75) is 26.8 Å². The Labute approximate surface area is 119 Å². The number of hydrogen-bond acceptors (Lipinski definition) is 4. The van der Waals surface area contributed by atoms with Crippen molar-refractivity contribution in [2.75, 3.05) is 19.5 Å². The van der Waals surface area contributed by atoms with Crippen LogP contribution in [0.15, 0.2) is 12.1 Å². The van der Waals surface area contributed by atoms with E-state index in [0.29, 0.717) is 10.8 Å². The van der Waals surface area contributed by atoms with E-state index in [4.69, 9.17) is 21.1 Å². The number of carbonyl (C=O) groups excluding carboxylic acids is 1. The van der Waals surface area contributed by atoms with Gasteiger partial charge >= 0.3 is 5.97 Å². The highest BCUT2D eigenvalue weighted by Gasteiger charge is 2.21. The third-order valence-electron chi connectivity index (χ3n) is 3.19. The average Bonchev–Trinajstić information content (AvgIpc) is 2.40. The van der Waals surface area contributed by atoms with Gasteiger partial charge in [-0.05, 0) is 32.4 Å². The molecule has 0 aliphatic rings. The first-order valence-electron chi connectivity index (χ1n) is 6.09. The van der Waals surface area contributed by atoms with Gasteiger partial charge in [-0.25, -0.2) is 0 Å².